The molecule has 9 heteroatoms. The van der Waals surface area contributed by atoms with E-state index in [1.165, 1.54) is 42.4 Å². The summed E-state index contributed by atoms with van der Waals surface area (Å²) in [5, 5.41) is 12.2. The van der Waals surface area contributed by atoms with Gasteiger partial charge in [-0.25, -0.2) is 9.78 Å². The van der Waals surface area contributed by atoms with E-state index in [1.807, 2.05) is 4.90 Å². The Morgan fingerprint density at radius 1 is 1.23 bits per heavy atom. The summed E-state index contributed by atoms with van der Waals surface area (Å²) in [5.74, 6) is -0.160. The Balaban J connectivity index is 1.55. The number of urea groups is 1. The lowest BCUT2D eigenvalue weighted by Gasteiger charge is -2.36. The number of carbonyl (C=O) groups excluding carboxylic acids is 1. The van der Waals surface area contributed by atoms with Crippen LogP contribution in [0.1, 0.15) is 64.7 Å². The maximum absolute atomic E-state index is 13.1. The average molecular weight is 456 g/mol. The van der Waals surface area contributed by atoms with Crippen LogP contribution in [0, 0.1) is 5.92 Å². The molecule has 3 rings (SSSR count). The highest BCUT2D eigenvalue weighted by Crippen LogP contribution is 2.30. The van der Waals surface area contributed by atoms with Gasteiger partial charge in [-0.2, -0.15) is 0 Å². The van der Waals surface area contributed by atoms with Crippen LogP contribution in [0.25, 0.3) is 0 Å². The van der Waals surface area contributed by atoms with E-state index >= 15 is 0 Å². The number of carboxylic acids is 1. The third-order valence-electron chi connectivity index (χ3n) is 5.96. The third-order valence-corrected chi connectivity index (χ3v) is 8.05. The molecule has 1 aromatic heterocycles. The molecule has 0 atom stereocenters. The summed E-state index contributed by atoms with van der Waals surface area (Å²) in [7, 11) is 0. The number of carbonyl (C=O) groups is 2. The number of thioether (sulfide) groups is 1. The molecule has 0 aliphatic heterocycles. The Labute approximate surface area is 187 Å². The van der Waals surface area contributed by atoms with Crippen molar-refractivity contribution in [1.29, 1.82) is 0 Å². The molecule has 1 aromatic rings. The van der Waals surface area contributed by atoms with E-state index in [9.17, 15) is 9.59 Å². The number of nitrogens with zero attached hydrogens (tertiary/aromatic N) is 2. The van der Waals surface area contributed by atoms with Crippen LogP contribution >= 0.6 is 23.1 Å². The number of hydrogen-bond donors (Lipinski definition) is 2. The number of amides is 2. The molecule has 2 amide bonds. The summed E-state index contributed by atoms with van der Waals surface area (Å²) in [6.45, 7) is 3.44. The topological polar surface area (TPSA) is 91.8 Å². The SMILES string of the molecule is C[C@H]1CC[C@H](N(CCOC2CCCCC2)C(=O)Nc2ncc(SCC(=O)O)s2)CC1. The average Bonchev–Trinajstić information content (AvgIpc) is 3.18. The number of nitrogens with one attached hydrogen (secondary N) is 1. The second kappa shape index (κ2) is 11.9. The van der Waals surface area contributed by atoms with Gasteiger partial charge >= 0.3 is 12.0 Å². The van der Waals surface area contributed by atoms with Gasteiger partial charge in [0.25, 0.3) is 0 Å². The van der Waals surface area contributed by atoms with E-state index in [0.717, 1.165) is 48.7 Å². The molecule has 30 heavy (non-hydrogen) atoms. The van der Waals surface area contributed by atoms with Gasteiger partial charge in [-0.05, 0) is 44.4 Å². The molecule has 0 saturated heterocycles. The maximum Gasteiger partial charge on any atom is 0.323 e. The first kappa shape index (κ1) is 23.3. The van der Waals surface area contributed by atoms with Gasteiger partial charge in [-0.3, -0.25) is 10.1 Å². The monoisotopic (exact) mass is 455 g/mol. The third kappa shape index (κ3) is 7.42. The summed E-state index contributed by atoms with van der Waals surface area (Å²) < 4.78 is 6.87. The van der Waals surface area contributed by atoms with Crippen molar-refractivity contribution in [1.82, 2.24) is 9.88 Å². The molecule has 7 nitrogen and oxygen atoms in total. The van der Waals surface area contributed by atoms with Crippen molar-refractivity contribution in [2.75, 3.05) is 24.2 Å². The number of anilines is 1. The van der Waals surface area contributed by atoms with Crippen LogP contribution in [-0.4, -0.2) is 58.0 Å². The number of ether oxygens (including phenoxy) is 1. The lowest BCUT2D eigenvalue weighted by Crippen LogP contribution is -2.46. The molecule has 2 aliphatic carbocycles. The van der Waals surface area contributed by atoms with Crippen LogP contribution in [0.5, 0.6) is 0 Å². The second-order valence-electron chi connectivity index (χ2n) is 8.33. The smallest absolute Gasteiger partial charge is 0.323 e. The van der Waals surface area contributed by atoms with Crippen LogP contribution < -0.4 is 5.32 Å². The molecule has 1 heterocycles. The zero-order valence-electron chi connectivity index (χ0n) is 17.7. The largest absolute Gasteiger partial charge is 0.481 e. The highest BCUT2D eigenvalue weighted by atomic mass is 32.2. The minimum atomic E-state index is -0.866. The van der Waals surface area contributed by atoms with Crippen molar-refractivity contribution < 1.29 is 19.4 Å². The van der Waals surface area contributed by atoms with E-state index in [-0.39, 0.29) is 17.8 Å². The molecule has 2 N–H and O–H groups in total. The Kier molecular flexibility index (Phi) is 9.27. The molecular weight excluding hydrogens is 422 g/mol. The van der Waals surface area contributed by atoms with Gasteiger partial charge in [0, 0.05) is 12.6 Å². The molecule has 168 valence electrons. The van der Waals surface area contributed by atoms with Crippen molar-refractivity contribution in [3.8, 4) is 0 Å². The lowest BCUT2D eigenvalue weighted by atomic mass is 9.86. The van der Waals surface area contributed by atoms with Crippen LogP contribution in [0.3, 0.4) is 0 Å². The van der Waals surface area contributed by atoms with Gasteiger partial charge in [0.1, 0.15) is 0 Å². The van der Waals surface area contributed by atoms with Crippen molar-refractivity contribution >= 4 is 40.2 Å². The number of aliphatic carboxylic acids is 1. The molecule has 0 spiro atoms. The molecule has 0 aromatic carbocycles. The summed E-state index contributed by atoms with van der Waals surface area (Å²) in [5.41, 5.74) is 0. The Morgan fingerprint density at radius 2 is 1.97 bits per heavy atom. The highest BCUT2D eigenvalue weighted by molar-refractivity contribution is 8.01. The molecule has 0 unspecified atom stereocenters. The number of hydrogen-bond acceptors (Lipinski definition) is 6. The zero-order chi connectivity index (χ0) is 21.3. The Morgan fingerprint density at radius 3 is 2.67 bits per heavy atom. The maximum atomic E-state index is 13.1. The normalized spacial score (nSPS) is 22.6. The van der Waals surface area contributed by atoms with Gasteiger partial charge in [0.15, 0.2) is 5.13 Å². The number of thiazole rings is 1. The second-order valence-corrected chi connectivity index (χ2v) is 10.6. The first-order valence-corrected chi connectivity index (χ1v) is 12.8. The highest BCUT2D eigenvalue weighted by Gasteiger charge is 2.28. The first-order chi connectivity index (χ1) is 14.5. The molecule has 2 saturated carbocycles. The van der Waals surface area contributed by atoms with Crippen LogP contribution in [0.2, 0.25) is 0 Å². The zero-order valence-corrected chi connectivity index (χ0v) is 19.3. The first-order valence-electron chi connectivity index (χ1n) is 11.0. The van der Waals surface area contributed by atoms with Crippen molar-refractivity contribution in [2.24, 2.45) is 5.92 Å². The minimum absolute atomic E-state index is 0.0134. The van der Waals surface area contributed by atoms with E-state index in [0.29, 0.717) is 24.4 Å². The standard InChI is InChI=1S/C21H33N3O4S2/c1-15-7-9-16(10-8-15)24(11-12-28-17-5-3-2-4-6-17)21(27)23-20-22-13-19(30-20)29-14-18(25)26/h13,15-17H,2-12,14H2,1H3,(H,25,26)(H,22,23,27)/t15-,16-. The van der Waals surface area contributed by atoms with Gasteiger partial charge in [0.2, 0.25) is 0 Å². The van der Waals surface area contributed by atoms with E-state index < -0.39 is 5.97 Å². The lowest BCUT2D eigenvalue weighted by molar-refractivity contribution is -0.133. The van der Waals surface area contributed by atoms with E-state index in [1.54, 1.807) is 6.20 Å². The van der Waals surface area contributed by atoms with E-state index in [2.05, 4.69) is 17.2 Å². The molecule has 0 bridgehead atoms. The van der Waals surface area contributed by atoms with Crippen molar-refractivity contribution in [3.05, 3.63) is 6.20 Å². The number of aromatic nitrogens is 1. The Hall–Kier alpha value is -1.32. The predicted octanol–water partition coefficient (Wildman–Crippen LogP) is 5.08. The van der Waals surface area contributed by atoms with Crippen LogP contribution in [-0.2, 0) is 9.53 Å². The minimum Gasteiger partial charge on any atom is -0.481 e. The van der Waals surface area contributed by atoms with Gasteiger partial charge in [0.05, 0.1) is 28.9 Å². The number of carboxylic acid groups (broad SMARTS) is 1. The quantitative estimate of drug-likeness (QED) is 0.505. The molecule has 2 aliphatic rings. The molecule has 0 radical (unpaired) electrons. The van der Waals surface area contributed by atoms with Crippen LogP contribution in [0.4, 0.5) is 9.93 Å². The summed E-state index contributed by atoms with van der Waals surface area (Å²) >= 11 is 2.53. The fourth-order valence-corrected chi connectivity index (χ4v) is 5.82. The van der Waals surface area contributed by atoms with Gasteiger partial charge < -0.3 is 14.7 Å². The van der Waals surface area contributed by atoms with Crippen molar-refractivity contribution in [2.45, 2.75) is 81.1 Å². The molecule has 2 fully saturated rings. The summed E-state index contributed by atoms with van der Waals surface area (Å²) in [4.78, 5) is 30.0. The Bertz CT molecular complexity index is 686. The summed E-state index contributed by atoms with van der Waals surface area (Å²) in [6, 6.07) is 0.0999. The van der Waals surface area contributed by atoms with Crippen molar-refractivity contribution in [3.63, 3.8) is 0 Å². The predicted molar refractivity (Wildman–Crippen MR) is 120 cm³/mol. The fourth-order valence-electron chi connectivity index (χ4n) is 4.23. The fraction of sp³-hybridized carbons (Fsp3) is 0.762. The van der Waals surface area contributed by atoms with Gasteiger partial charge in [-0.1, -0.05) is 37.5 Å². The molecular formula is C21H33N3O4S2. The summed E-state index contributed by atoms with van der Waals surface area (Å²) in [6.07, 6.45) is 12.3. The van der Waals surface area contributed by atoms with Crippen LogP contribution in [0.15, 0.2) is 10.4 Å². The number of rotatable bonds is 9. The van der Waals surface area contributed by atoms with Gasteiger partial charge in [-0.15, -0.1) is 11.8 Å². The van der Waals surface area contributed by atoms with E-state index in [4.69, 9.17) is 9.84 Å².